The number of nitrogens with one attached hydrogen (secondary N) is 1. The Morgan fingerprint density at radius 3 is 2.12 bits per heavy atom. The number of amidine groups is 1. The summed E-state index contributed by atoms with van der Waals surface area (Å²) in [5.74, 6) is 0.919. The normalized spacial score (nSPS) is 20.8. The Bertz CT molecular complexity index is 1940. The molecule has 0 saturated carbocycles. The lowest BCUT2D eigenvalue weighted by Gasteiger charge is -2.47. The number of urea groups is 1. The number of anilines is 1. The summed E-state index contributed by atoms with van der Waals surface area (Å²) < 4.78 is 6.28. The highest BCUT2D eigenvalue weighted by Gasteiger charge is 2.60. The minimum atomic E-state index is -1.05. The topological polar surface area (TPSA) is 103 Å². The van der Waals surface area contributed by atoms with E-state index in [-0.39, 0.29) is 23.9 Å². The Morgan fingerprint density at radius 2 is 1.54 bits per heavy atom. The van der Waals surface area contributed by atoms with Crippen molar-refractivity contribution in [1.29, 1.82) is 0 Å². The first-order chi connectivity index (χ1) is 24.7. The third kappa shape index (κ3) is 7.24. The van der Waals surface area contributed by atoms with Crippen molar-refractivity contribution in [3.8, 4) is 5.75 Å². The lowest BCUT2D eigenvalue weighted by atomic mass is 9.71. The van der Waals surface area contributed by atoms with Crippen LogP contribution in [-0.2, 0) is 21.3 Å². The molecule has 2 aliphatic heterocycles. The van der Waals surface area contributed by atoms with Crippen molar-refractivity contribution in [2.45, 2.75) is 58.0 Å². The Balaban J connectivity index is 1.42. The highest BCUT2D eigenvalue weighted by Crippen LogP contribution is 2.54. The summed E-state index contributed by atoms with van der Waals surface area (Å²) in [5.41, 5.74) is 1.57. The molecule has 6 rings (SSSR count). The zero-order valence-corrected chi connectivity index (χ0v) is 32.0. The molecular weight excluding hydrogens is 697 g/mol. The quantitative estimate of drug-likeness (QED) is 0.198. The molecule has 0 aliphatic carbocycles. The predicted octanol–water partition coefficient (Wildman–Crippen LogP) is 7.75. The van der Waals surface area contributed by atoms with Crippen LogP contribution in [0.1, 0.15) is 63.9 Å². The van der Waals surface area contributed by atoms with E-state index in [1.165, 1.54) is 0 Å². The molecule has 2 atom stereocenters. The van der Waals surface area contributed by atoms with Gasteiger partial charge in [0.1, 0.15) is 22.7 Å². The molecule has 1 fully saturated rings. The van der Waals surface area contributed by atoms with Gasteiger partial charge >= 0.3 is 6.03 Å². The van der Waals surface area contributed by atoms with Gasteiger partial charge in [-0.15, -0.1) is 0 Å². The first kappa shape index (κ1) is 37.3. The summed E-state index contributed by atoms with van der Waals surface area (Å²) in [4.78, 5) is 48.2. The summed E-state index contributed by atoms with van der Waals surface area (Å²) in [6, 6.07) is 20.5. The summed E-state index contributed by atoms with van der Waals surface area (Å²) >= 11 is 12.8. The lowest BCUT2D eigenvalue weighted by molar-refractivity contribution is -0.117. The molecule has 2 aromatic carbocycles. The smallest absolute Gasteiger partial charge is 0.326 e. The van der Waals surface area contributed by atoms with Crippen molar-refractivity contribution in [2.24, 2.45) is 4.99 Å². The molecule has 1 saturated heterocycles. The predicted molar refractivity (Wildman–Crippen MR) is 206 cm³/mol. The molecule has 0 unspecified atom stereocenters. The van der Waals surface area contributed by atoms with Crippen LogP contribution in [0.15, 0.2) is 90.3 Å². The standard InChI is InChI=1S/C40H45Cl2N7O3/c1-7-52-33-23-34(38(2,3)4)44-25-32(33)36-46-39(5,27-10-14-29(41)15-11-27)40(6,28-12-16-30(42)17-13-28)49(36)37(51)48-21-19-47(20-22-48)26-35(50)45-31-9-8-18-43-24-31/h8-18,23-25H,7,19-22,26H2,1-6H3,(H,45,50)/t39-,40+/m0/s1. The third-order valence-corrected chi connectivity index (χ3v) is 10.6. The SMILES string of the molecule is CCOc1cc(C(C)(C)C)ncc1C1=N[C@@](C)(c2ccc(Cl)cc2)[C@@](C)(c2ccc(Cl)cc2)N1C(=O)N1CCN(CC(=O)Nc2cccnc2)CC1. The Morgan fingerprint density at radius 1 is 0.904 bits per heavy atom. The molecule has 0 bridgehead atoms. The van der Waals surface area contributed by atoms with E-state index in [2.05, 4.69) is 38.0 Å². The van der Waals surface area contributed by atoms with Crippen molar-refractivity contribution in [1.82, 2.24) is 24.7 Å². The van der Waals surface area contributed by atoms with E-state index in [0.29, 0.717) is 65.7 Å². The highest BCUT2D eigenvalue weighted by atomic mass is 35.5. The second kappa shape index (κ2) is 14.8. The van der Waals surface area contributed by atoms with E-state index in [9.17, 15) is 4.79 Å². The van der Waals surface area contributed by atoms with Gasteiger partial charge in [0.25, 0.3) is 0 Å². The first-order valence-electron chi connectivity index (χ1n) is 17.5. The minimum Gasteiger partial charge on any atom is -0.493 e. The average molecular weight is 743 g/mol. The number of carbonyl (C=O) groups is 2. The number of ether oxygens (including phenoxy) is 1. The monoisotopic (exact) mass is 741 g/mol. The maximum atomic E-state index is 15.2. The summed E-state index contributed by atoms with van der Waals surface area (Å²) in [5, 5.41) is 4.08. The fourth-order valence-corrected chi connectivity index (χ4v) is 7.19. The van der Waals surface area contributed by atoms with Gasteiger partial charge in [0, 0.05) is 65.8 Å². The van der Waals surface area contributed by atoms with Gasteiger partial charge in [-0.3, -0.25) is 29.6 Å². The molecule has 2 aromatic heterocycles. The number of halogens is 2. The van der Waals surface area contributed by atoms with Crippen molar-refractivity contribution in [3.63, 3.8) is 0 Å². The van der Waals surface area contributed by atoms with E-state index < -0.39 is 11.1 Å². The summed E-state index contributed by atoms with van der Waals surface area (Å²) in [7, 11) is 0. The summed E-state index contributed by atoms with van der Waals surface area (Å²) in [6.07, 6.45) is 5.05. The van der Waals surface area contributed by atoms with Gasteiger partial charge in [0.15, 0.2) is 0 Å². The fraction of sp³-hybridized carbons (Fsp3) is 0.375. The van der Waals surface area contributed by atoms with E-state index in [0.717, 1.165) is 16.8 Å². The second-order valence-corrected chi connectivity index (χ2v) is 15.4. The van der Waals surface area contributed by atoms with Crippen molar-refractivity contribution in [2.75, 3.05) is 44.6 Å². The molecule has 10 nitrogen and oxygen atoms in total. The Kier molecular flexibility index (Phi) is 10.6. The third-order valence-electron chi connectivity index (χ3n) is 10.1. The Labute approximate surface area is 315 Å². The van der Waals surface area contributed by atoms with Gasteiger partial charge in [0.2, 0.25) is 5.91 Å². The summed E-state index contributed by atoms with van der Waals surface area (Å²) in [6.45, 7) is 14.8. The van der Waals surface area contributed by atoms with Crippen LogP contribution in [0.2, 0.25) is 10.0 Å². The van der Waals surface area contributed by atoms with E-state index >= 15 is 4.79 Å². The van der Waals surface area contributed by atoms with Gasteiger partial charge in [-0.05, 0) is 68.3 Å². The Hall–Kier alpha value is -4.51. The van der Waals surface area contributed by atoms with Crippen molar-refractivity contribution < 1.29 is 14.3 Å². The molecule has 4 aromatic rings. The molecular formula is C40H45Cl2N7O3. The van der Waals surface area contributed by atoms with Crippen LogP contribution < -0.4 is 10.1 Å². The maximum Gasteiger partial charge on any atom is 0.326 e. The number of aromatic nitrogens is 2. The number of hydrogen-bond acceptors (Lipinski definition) is 7. The van der Waals surface area contributed by atoms with Crippen molar-refractivity contribution >= 4 is 46.7 Å². The van der Waals surface area contributed by atoms with Crippen LogP contribution in [0.4, 0.5) is 10.5 Å². The van der Waals surface area contributed by atoms with Gasteiger partial charge < -0.3 is 15.0 Å². The van der Waals surface area contributed by atoms with Gasteiger partial charge in [-0.25, -0.2) is 4.79 Å². The van der Waals surface area contributed by atoms with Crippen LogP contribution in [0, 0.1) is 0 Å². The maximum absolute atomic E-state index is 15.2. The number of aliphatic imine (C=N–C) groups is 1. The zero-order valence-electron chi connectivity index (χ0n) is 30.5. The lowest BCUT2D eigenvalue weighted by Crippen LogP contribution is -2.61. The number of pyridine rings is 2. The number of nitrogens with zero attached hydrogens (tertiary/aromatic N) is 6. The largest absolute Gasteiger partial charge is 0.493 e. The number of rotatable bonds is 8. The molecule has 52 heavy (non-hydrogen) atoms. The van der Waals surface area contributed by atoms with E-state index in [1.54, 1.807) is 30.7 Å². The molecule has 2 aliphatic rings. The first-order valence-corrected chi connectivity index (χ1v) is 18.3. The molecule has 3 amide bonds. The minimum absolute atomic E-state index is 0.134. The van der Waals surface area contributed by atoms with Gasteiger partial charge in [-0.1, -0.05) is 68.2 Å². The van der Waals surface area contributed by atoms with Crippen LogP contribution in [0.25, 0.3) is 0 Å². The molecule has 1 N–H and O–H groups in total. The van der Waals surface area contributed by atoms with Crippen LogP contribution in [0.5, 0.6) is 5.75 Å². The molecule has 0 radical (unpaired) electrons. The number of amides is 3. The molecule has 12 heteroatoms. The highest BCUT2D eigenvalue weighted by molar-refractivity contribution is 6.30. The second-order valence-electron chi connectivity index (χ2n) is 14.5. The van der Waals surface area contributed by atoms with Crippen molar-refractivity contribution in [3.05, 3.63) is 118 Å². The number of carbonyl (C=O) groups excluding carboxylic acids is 2. The van der Waals surface area contributed by atoms with E-state index in [1.807, 2.05) is 83.1 Å². The van der Waals surface area contributed by atoms with Gasteiger partial charge in [-0.2, -0.15) is 0 Å². The number of hydrogen-bond donors (Lipinski definition) is 1. The van der Waals surface area contributed by atoms with Gasteiger partial charge in [0.05, 0.1) is 30.6 Å². The zero-order chi connectivity index (χ0) is 37.3. The van der Waals surface area contributed by atoms with E-state index in [4.69, 9.17) is 37.9 Å². The molecule has 4 heterocycles. The number of piperazine rings is 1. The van der Waals surface area contributed by atoms with Crippen LogP contribution >= 0.6 is 23.2 Å². The average Bonchev–Trinajstić information content (AvgIpc) is 3.36. The van der Waals surface area contributed by atoms with Crippen LogP contribution in [0.3, 0.4) is 0 Å². The molecule has 0 spiro atoms. The van der Waals surface area contributed by atoms with Crippen LogP contribution in [-0.4, -0.2) is 81.8 Å². The fourth-order valence-electron chi connectivity index (χ4n) is 6.94. The number of benzene rings is 2. The molecule has 272 valence electrons.